The number of para-hydroxylation sites is 2. The van der Waals surface area contributed by atoms with Gasteiger partial charge in [-0.15, -0.1) is 56.7 Å². The second-order valence-corrected chi connectivity index (χ2v) is 33.5. The molecular formula is C106H82N4S5. The maximum absolute atomic E-state index is 2.30. The second kappa shape index (κ2) is 35.0. The van der Waals surface area contributed by atoms with E-state index in [0.717, 1.165) is 0 Å². The van der Waals surface area contributed by atoms with Crippen LogP contribution in [0, 0.1) is 0 Å². The molecule has 0 saturated carbocycles. The van der Waals surface area contributed by atoms with Crippen molar-refractivity contribution in [2.24, 2.45) is 0 Å². The molecule has 0 fully saturated rings. The van der Waals surface area contributed by atoms with Gasteiger partial charge in [0, 0.05) is 123 Å². The highest BCUT2D eigenvalue weighted by molar-refractivity contribution is 7.25. The predicted octanol–water partition coefficient (Wildman–Crippen LogP) is 32.1. The Kier molecular flexibility index (Phi) is 22.7. The largest absolute Gasteiger partial charge is 0.345 e. The molecule has 0 amide bonds. The standard InChI is InChI=1S/C29H21NS2.2C27H21NS.C23H19NS/c1-30(25-15-7-11-21-9-3-5-13-23(21)25)29-19-18-28(32-29)27-17-16-26(31-27)24-14-6-10-20-8-2-4-12-22(20)24;1-28(22-10-3-2-4-11-22)23-16-14-21(15-17-23)26-18-19-27(29-26)25-13-7-9-20-8-5-6-12-24(20)25;1-28(25-13-7-11-20-8-5-6-12-24(20)25)23-16-14-22(15-17-23)27-19-18-26(29-27)21-9-3-2-4-10-21;1-24(20-10-6-3-7-11-20)21-14-12-19(13-15-21)23-17-16-22(25-23)18-8-4-2-5-9-18/h2-19H,1H3;2*2-19H,1H3;2-17H,1H3. The van der Waals surface area contributed by atoms with Crippen molar-refractivity contribution in [1.82, 2.24) is 0 Å². The van der Waals surface area contributed by atoms with E-state index in [1.165, 1.54) is 171 Å². The lowest BCUT2D eigenvalue weighted by Gasteiger charge is -2.21. The van der Waals surface area contributed by atoms with Crippen molar-refractivity contribution in [1.29, 1.82) is 0 Å². The van der Waals surface area contributed by atoms with Crippen molar-refractivity contribution in [2.45, 2.75) is 0 Å². The van der Waals surface area contributed by atoms with Crippen LogP contribution in [0.5, 0.6) is 0 Å². The van der Waals surface area contributed by atoms with Crippen LogP contribution in [-0.4, -0.2) is 28.2 Å². The van der Waals surface area contributed by atoms with E-state index in [2.05, 4.69) is 460 Å². The Bertz CT molecular complexity index is 6580. The van der Waals surface area contributed by atoms with Crippen LogP contribution in [0.1, 0.15) is 0 Å². The molecule has 0 aliphatic carbocycles. The summed E-state index contributed by atoms with van der Waals surface area (Å²) < 4.78 is 0. The fraction of sp³-hybridized carbons (Fsp3) is 0.0377. The van der Waals surface area contributed by atoms with Crippen LogP contribution in [0.25, 0.3) is 126 Å². The van der Waals surface area contributed by atoms with Gasteiger partial charge in [-0.25, -0.2) is 0 Å². The first-order valence-corrected chi connectivity index (χ1v) is 42.6. The zero-order chi connectivity index (χ0) is 77.8. The molecule has 115 heavy (non-hydrogen) atoms. The monoisotopic (exact) mass is 1570 g/mol. The normalized spacial score (nSPS) is 11.0. The highest BCUT2D eigenvalue weighted by Crippen LogP contribution is 2.46. The van der Waals surface area contributed by atoms with Crippen LogP contribution in [0.15, 0.2) is 425 Å². The summed E-state index contributed by atoms with van der Waals surface area (Å²) in [5.41, 5.74) is 17.3. The maximum atomic E-state index is 2.30. The number of anilines is 8. The summed E-state index contributed by atoms with van der Waals surface area (Å²) in [6.45, 7) is 0. The lowest BCUT2D eigenvalue weighted by atomic mass is 10.0. The minimum Gasteiger partial charge on any atom is -0.345 e. The van der Waals surface area contributed by atoms with Crippen LogP contribution in [0.4, 0.5) is 44.8 Å². The Morgan fingerprint density at radius 1 is 0.157 bits per heavy atom. The van der Waals surface area contributed by atoms with Crippen molar-refractivity contribution in [3.05, 3.63) is 425 Å². The predicted molar refractivity (Wildman–Crippen MR) is 507 cm³/mol. The molecule has 0 bridgehead atoms. The van der Waals surface area contributed by atoms with Gasteiger partial charge in [0.25, 0.3) is 0 Å². The van der Waals surface area contributed by atoms with Crippen LogP contribution in [0.2, 0.25) is 0 Å². The summed E-state index contributed by atoms with van der Waals surface area (Å²) in [7, 11) is 8.50. The fourth-order valence-corrected chi connectivity index (χ4v) is 19.9. The average molecular weight is 1570 g/mol. The average Bonchev–Trinajstić information content (AvgIpc) is 1.74. The Morgan fingerprint density at radius 3 is 0.809 bits per heavy atom. The quantitative estimate of drug-likeness (QED) is 0.0956. The molecule has 0 aliphatic rings. The molecule has 15 aromatic carbocycles. The molecule has 0 saturated heterocycles. The molecule has 556 valence electrons. The number of thiophene rings is 5. The number of benzene rings is 15. The zero-order valence-corrected chi connectivity index (χ0v) is 68.3. The van der Waals surface area contributed by atoms with Gasteiger partial charge in [-0.05, 0) is 205 Å². The lowest BCUT2D eigenvalue weighted by Crippen LogP contribution is -2.09. The van der Waals surface area contributed by atoms with E-state index >= 15 is 0 Å². The molecule has 0 spiro atoms. The number of fused-ring (bicyclic) bond motifs is 4. The van der Waals surface area contributed by atoms with E-state index < -0.39 is 0 Å². The molecule has 5 aromatic heterocycles. The van der Waals surface area contributed by atoms with E-state index in [-0.39, 0.29) is 0 Å². The first-order chi connectivity index (χ1) is 56.7. The summed E-state index contributed by atoms with van der Waals surface area (Å²) in [6.07, 6.45) is 0. The van der Waals surface area contributed by atoms with Crippen molar-refractivity contribution in [2.75, 3.05) is 47.8 Å². The molecule has 0 N–H and O–H groups in total. The minimum atomic E-state index is 1.19. The third kappa shape index (κ3) is 16.9. The van der Waals surface area contributed by atoms with Crippen molar-refractivity contribution < 1.29 is 0 Å². The molecule has 9 heteroatoms. The van der Waals surface area contributed by atoms with Crippen LogP contribution in [-0.2, 0) is 0 Å². The SMILES string of the molecule is CN(c1ccc(-c2ccc(-c3cccc4ccccc34)s2)s1)c1cccc2ccccc12.CN(c1ccc(-c2ccc(-c3ccccc3)s2)cc1)c1cccc2ccccc12.CN(c1ccccc1)c1ccc(-c2ccc(-c3cccc4ccccc34)s2)cc1.CN(c1ccccc1)c1ccc(-c2ccc(-c3ccccc3)s2)cc1. The van der Waals surface area contributed by atoms with Gasteiger partial charge in [0.05, 0.1) is 5.00 Å². The molecule has 5 heterocycles. The third-order valence-electron chi connectivity index (χ3n) is 21.0. The summed E-state index contributed by atoms with van der Waals surface area (Å²) in [4.78, 5) is 20.7. The zero-order valence-electron chi connectivity index (χ0n) is 64.2. The smallest absolute Gasteiger partial charge is 0.0957 e. The second-order valence-electron chi connectivity index (χ2n) is 28.1. The fourth-order valence-electron chi connectivity index (χ4n) is 14.7. The van der Waals surface area contributed by atoms with Crippen molar-refractivity contribution in [3.63, 3.8) is 0 Å². The minimum absolute atomic E-state index is 1.19. The first kappa shape index (κ1) is 74.8. The van der Waals surface area contributed by atoms with Crippen LogP contribution < -0.4 is 19.6 Å². The van der Waals surface area contributed by atoms with E-state index in [4.69, 9.17) is 0 Å². The highest BCUT2D eigenvalue weighted by atomic mass is 32.1. The lowest BCUT2D eigenvalue weighted by molar-refractivity contribution is 1.21. The van der Waals surface area contributed by atoms with Gasteiger partial charge >= 0.3 is 0 Å². The molecule has 0 aliphatic heterocycles. The van der Waals surface area contributed by atoms with Gasteiger partial charge in [-0.3, -0.25) is 0 Å². The number of hydrogen-bond donors (Lipinski definition) is 0. The third-order valence-corrected chi connectivity index (χ3v) is 27.0. The molecule has 20 aromatic rings. The summed E-state index contributed by atoms with van der Waals surface area (Å²) in [6, 6.07) is 151. The summed E-state index contributed by atoms with van der Waals surface area (Å²) in [5, 5.41) is 11.5. The van der Waals surface area contributed by atoms with Gasteiger partial charge in [-0.2, -0.15) is 0 Å². The molecule has 0 radical (unpaired) electrons. The van der Waals surface area contributed by atoms with Gasteiger partial charge < -0.3 is 19.6 Å². The summed E-state index contributed by atoms with van der Waals surface area (Å²) >= 11 is 9.24. The van der Waals surface area contributed by atoms with Gasteiger partial charge in [0.15, 0.2) is 0 Å². The van der Waals surface area contributed by atoms with E-state index in [0.29, 0.717) is 0 Å². The first-order valence-electron chi connectivity index (χ1n) is 38.6. The number of nitrogens with zero attached hydrogens (tertiary/aromatic N) is 4. The Labute approximate surface area is 694 Å². The molecular weight excluding hydrogens is 1490 g/mol. The number of rotatable bonds is 16. The van der Waals surface area contributed by atoms with Crippen LogP contribution in [0.3, 0.4) is 0 Å². The van der Waals surface area contributed by atoms with E-state index in [1.807, 2.05) is 68.8 Å². The Hall–Kier alpha value is -13.0. The van der Waals surface area contributed by atoms with Crippen LogP contribution >= 0.6 is 56.7 Å². The van der Waals surface area contributed by atoms with Crippen molar-refractivity contribution >= 4 is 145 Å². The van der Waals surface area contributed by atoms with E-state index in [9.17, 15) is 0 Å². The molecule has 0 unspecified atom stereocenters. The highest BCUT2D eigenvalue weighted by Gasteiger charge is 2.17. The van der Waals surface area contributed by atoms with Gasteiger partial charge in [0.1, 0.15) is 0 Å². The van der Waals surface area contributed by atoms with Crippen molar-refractivity contribution in [3.8, 4) is 82.8 Å². The van der Waals surface area contributed by atoms with E-state index in [1.54, 1.807) is 0 Å². The Balaban J connectivity index is 0.000000111. The Morgan fingerprint density at radius 2 is 0.409 bits per heavy atom. The van der Waals surface area contributed by atoms with Gasteiger partial charge in [-0.1, -0.05) is 291 Å². The molecule has 0 atom stereocenters. The number of hydrogen-bond acceptors (Lipinski definition) is 9. The molecule has 20 rings (SSSR count). The maximum Gasteiger partial charge on any atom is 0.0957 e. The topological polar surface area (TPSA) is 13.0 Å². The van der Waals surface area contributed by atoms with Gasteiger partial charge in [0.2, 0.25) is 0 Å². The summed E-state index contributed by atoms with van der Waals surface area (Å²) in [5.74, 6) is 0. The molecule has 4 nitrogen and oxygen atoms in total.